The highest BCUT2D eigenvalue weighted by atomic mass is 35.5. The van der Waals surface area contributed by atoms with Crippen LogP contribution in [0.3, 0.4) is 0 Å². The fraction of sp³-hybridized carbons (Fsp3) is 0.0769. The molecule has 3 N–H and O–H groups in total. The zero-order valence-corrected chi connectivity index (χ0v) is 12.2. The zero-order valence-electron chi connectivity index (χ0n) is 10.6. The summed E-state index contributed by atoms with van der Waals surface area (Å²) in [4.78, 5) is -0.210. The maximum atomic E-state index is 13.6. The van der Waals surface area contributed by atoms with Gasteiger partial charge in [0.05, 0.1) is 10.6 Å². The number of benzene rings is 2. The molecule has 0 radical (unpaired) electrons. The number of rotatable bonds is 4. The molecule has 0 aromatic heterocycles. The van der Waals surface area contributed by atoms with E-state index in [4.69, 9.17) is 17.3 Å². The van der Waals surface area contributed by atoms with Gasteiger partial charge in [-0.2, -0.15) is 0 Å². The minimum Gasteiger partial charge on any atom is -0.326 e. The Hall–Kier alpha value is -1.70. The van der Waals surface area contributed by atoms with Crippen LogP contribution in [0.5, 0.6) is 0 Å². The summed E-state index contributed by atoms with van der Waals surface area (Å²) in [6.07, 6.45) is 0. The first-order valence-corrected chi connectivity index (χ1v) is 7.66. The fourth-order valence-corrected chi connectivity index (χ4v) is 2.93. The smallest absolute Gasteiger partial charge is 0.261 e. The molecule has 2 rings (SSSR count). The molecule has 0 unspecified atom stereocenters. The van der Waals surface area contributed by atoms with Gasteiger partial charge in [0.25, 0.3) is 10.0 Å². The molecule has 2 aromatic rings. The van der Waals surface area contributed by atoms with Crippen LogP contribution in [-0.2, 0) is 16.6 Å². The largest absolute Gasteiger partial charge is 0.326 e. The first-order valence-electron chi connectivity index (χ1n) is 5.80. The van der Waals surface area contributed by atoms with Crippen molar-refractivity contribution in [3.63, 3.8) is 0 Å². The molecule has 0 saturated heterocycles. The van der Waals surface area contributed by atoms with Crippen molar-refractivity contribution in [3.05, 3.63) is 58.6 Å². The summed E-state index contributed by atoms with van der Waals surface area (Å²) in [6, 6.07) is 6.70. The molecule has 112 valence electrons. The van der Waals surface area contributed by atoms with Gasteiger partial charge in [0.15, 0.2) is 0 Å². The van der Waals surface area contributed by atoms with Crippen molar-refractivity contribution in [1.29, 1.82) is 0 Å². The third-order valence-corrected chi connectivity index (χ3v) is 4.32. The Bertz CT molecular complexity index is 782. The van der Waals surface area contributed by atoms with Crippen LogP contribution in [0.1, 0.15) is 5.56 Å². The van der Waals surface area contributed by atoms with E-state index in [-0.39, 0.29) is 27.7 Å². The molecule has 2 aromatic carbocycles. The number of anilines is 1. The van der Waals surface area contributed by atoms with E-state index in [1.165, 1.54) is 12.1 Å². The number of hydrogen-bond donors (Lipinski definition) is 2. The van der Waals surface area contributed by atoms with E-state index >= 15 is 0 Å². The van der Waals surface area contributed by atoms with Crippen LogP contribution in [-0.4, -0.2) is 8.42 Å². The molecule has 0 aliphatic rings. The molecular weight excluding hydrogens is 322 g/mol. The van der Waals surface area contributed by atoms with Crippen molar-refractivity contribution in [2.75, 3.05) is 4.72 Å². The van der Waals surface area contributed by atoms with Gasteiger partial charge in [-0.3, -0.25) is 4.72 Å². The van der Waals surface area contributed by atoms with E-state index in [1.807, 2.05) is 0 Å². The molecule has 0 saturated carbocycles. The molecule has 0 fully saturated rings. The van der Waals surface area contributed by atoms with Crippen molar-refractivity contribution in [1.82, 2.24) is 0 Å². The Morgan fingerprint density at radius 3 is 2.43 bits per heavy atom. The van der Waals surface area contributed by atoms with Gasteiger partial charge < -0.3 is 5.73 Å². The number of nitrogens with two attached hydrogens (primary N) is 1. The Balaban J connectivity index is 2.38. The van der Waals surface area contributed by atoms with E-state index in [0.29, 0.717) is 0 Å². The molecule has 0 atom stereocenters. The maximum absolute atomic E-state index is 13.6. The summed E-state index contributed by atoms with van der Waals surface area (Å²) in [5.41, 5.74) is 5.12. The highest BCUT2D eigenvalue weighted by molar-refractivity contribution is 7.92. The third kappa shape index (κ3) is 3.49. The zero-order chi connectivity index (χ0) is 15.6. The highest BCUT2D eigenvalue weighted by Gasteiger charge is 2.18. The molecule has 0 spiro atoms. The monoisotopic (exact) mass is 332 g/mol. The van der Waals surface area contributed by atoms with E-state index in [2.05, 4.69) is 4.72 Å². The van der Waals surface area contributed by atoms with Gasteiger partial charge in [-0.25, -0.2) is 17.2 Å². The summed E-state index contributed by atoms with van der Waals surface area (Å²) in [6.45, 7) is -0.148. The molecule has 0 bridgehead atoms. The van der Waals surface area contributed by atoms with E-state index in [9.17, 15) is 17.2 Å². The number of sulfonamides is 1. The summed E-state index contributed by atoms with van der Waals surface area (Å²) in [5.74, 6) is -1.42. The molecule has 0 aliphatic carbocycles. The average Bonchev–Trinajstić information content (AvgIpc) is 2.42. The molecular formula is C13H11ClF2N2O2S. The van der Waals surface area contributed by atoms with Crippen LogP contribution in [0, 0.1) is 11.6 Å². The first-order chi connectivity index (χ1) is 9.83. The van der Waals surface area contributed by atoms with E-state index in [1.54, 1.807) is 0 Å². The van der Waals surface area contributed by atoms with Gasteiger partial charge in [0, 0.05) is 17.1 Å². The van der Waals surface area contributed by atoms with Crippen LogP contribution in [0.2, 0.25) is 5.02 Å². The lowest BCUT2D eigenvalue weighted by molar-refractivity contribution is 0.594. The minimum absolute atomic E-state index is 0.0504. The topological polar surface area (TPSA) is 72.2 Å². The lowest BCUT2D eigenvalue weighted by Crippen LogP contribution is -2.15. The molecule has 8 heteroatoms. The Labute approximate surface area is 125 Å². The third-order valence-electron chi connectivity index (χ3n) is 2.72. The van der Waals surface area contributed by atoms with Gasteiger partial charge in [-0.1, -0.05) is 11.6 Å². The normalized spacial score (nSPS) is 11.4. The second kappa shape index (κ2) is 5.97. The average molecular weight is 333 g/mol. The Morgan fingerprint density at radius 1 is 1.10 bits per heavy atom. The van der Waals surface area contributed by atoms with Gasteiger partial charge in [-0.05, 0) is 36.4 Å². The van der Waals surface area contributed by atoms with Gasteiger partial charge >= 0.3 is 0 Å². The molecule has 0 amide bonds. The van der Waals surface area contributed by atoms with Crippen molar-refractivity contribution >= 4 is 27.3 Å². The van der Waals surface area contributed by atoms with Crippen molar-refractivity contribution in [2.24, 2.45) is 5.73 Å². The summed E-state index contributed by atoms with van der Waals surface area (Å²) in [7, 11) is -4.05. The van der Waals surface area contributed by atoms with Crippen molar-refractivity contribution < 1.29 is 17.2 Å². The predicted molar refractivity (Wildman–Crippen MR) is 76.5 cm³/mol. The van der Waals surface area contributed by atoms with E-state index in [0.717, 1.165) is 24.3 Å². The van der Waals surface area contributed by atoms with Gasteiger partial charge in [0.2, 0.25) is 0 Å². The van der Waals surface area contributed by atoms with Crippen LogP contribution in [0.15, 0.2) is 41.3 Å². The van der Waals surface area contributed by atoms with Crippen LogP contribution in [0.4, 0.5) is 14.5 Å². The fourth-order valence-electron chi connectivity index (χ4n) is 1.65. The summed E-state index contributed by atoms with van der Waals surface area (Å²) in [5, 5.41) is 0.141. The Kier molecular flexibility index (Phi) is 4.46. The maximum Gasteiger partial charge on any atom is 0.261 e. The molecule has 4 nitrogen and oxygen atoms in total. The number of hydrogen-bond acceptors (Lipinski definition) is 3. The predicted octanol–water partition coefficient (Wildman–Crippen LogP) is 2.88. The molecule has 21 heavy (non-hydrogen) atoms. The van der Waals surface area contributed by atoms with E-state index < -0.39 is 21.7 Å². The van der Waals surface area contributed by atoms with Crippen LogP contribution >= 0.6 is 11.6 Å². The number of nitrogens with one attached hydrogen (secondary N) is 1. The van der Waals surface area contributed by atoms with Gasteiger partial charge in [-0.15, -0.1) is 0 Å². The lowest BCUT2D eigenvalue weighted by atomic mass is 10.2. The van der Waals surface area contributed by atoms with Crippen LogP contribution < -0.4 is 10.5 Å². The Morgan fingerprint density at radius 2 is 1.81 bits per heavy atom. The van der Waals surface area contributed by atoms with Crippen molar-refractivity contribution in [2.45, 2.75) is 11.4 Å². The SMILES string of the molecule is NCc1cc(S(=O)(=O)Nc2ccc(Cl)cc2F)ccc1F. The van der Waals surface area contributed by atoms with Gasteiger partial charge in [0.1, 0.15) is 11.6 Å². The standard InChI is InChI=1S/C13H11ClF2N2O2S/c14-9-1-4-13(12(16)6-9)18-21(19,20)10-2-3-11(15)8(5-10)7-17/h1-6,18H,7,17H2. The lowest BCUT2D eigenvalue weighted by Gasteiger charge is -2.10. The second-order valence-electron chi connectivity index (χ2n) is 4.19. The second-order valence-corrected chi connectivity index (χ2v) is 6.31. The first kappa shape index (κ1) is 15.7. The van der Waals surface area contributed by atoms with Crippen LogP contribution in [0.25, 0.3) is 0 Å². The van der Waals surface area contributed by atoms with Crippen molar-refractivity contribution in [3.8, 4) is 0 Å². The minimum atomic E-state index is -4.05. The quantitative estimate of drug-likeness (QED) is 0.904. The molecule has 0 heterocycles. The highest BCUT2D eigenvalue weighted by Crippen LogP contribution is 2.23. The molecule has 0 aliphatic heterocycles. The summed E-state index contributed by atoms with van der Waals surface area (Å²) >= 11 is 5.59. The number of halogens is 3. The summed E-state index contributed by atoms with van der Waals surface area (Å²) < 4.78 is 53.3.